The van der Waals surface area contributed by atoms with Crippen molar-refractivity contribution in [3.63, 3.8) is 0 Å². The predicted octanol–water partition coefficient (Wildman–Crippen LogP) is 1.33. The van der Waals surface area contributed by atoms with Crippen molar-refractivity contribution in [3.8, 4) is 0 Å². The zero-order chi connectivity index (χ0) is 17.1. The van der Waals surface area contributed by atoms with Gasteiger partial charge in [-0.05, 0) is 39.3 Å². The fourth-order valence-corrected chi connectivity index (χ4v) is 3.42. The molecular formula is C17H24N6O. The van der Waals surface area contributed by atoms with Gasteiger partial charge in [0.2, 0.25) is 0 Å². The minimum Gasteiger partial charge on any atom is -0.350 e. The van der Waals surface area contributed by atoms with E-state index in [0.717, 1.165) is 25.1 Å². The summed E-state index contributed by atoms with van der Waals surface area (Å²) in [7, 11) is 4.15. The molecule has 1 amide bonds. The Balaban J connectivity index is 1.69. The number of nitrogens with zero attached hydrogens (tertiary/aromatic N) is 5. The molecule has 0 radical (unpaired) electrons. The summed E-state index contributed by atoms with van der Waals surface area (Å²) in [5, 5.41) is 3.02. The van der Waals surface area contributed by atoms with Crippen molar-refractivity contribution in [3.05, 3.63) is 42.0 Å². The molecule has 3 rings (SSSR count). The van der Waals surface area contributed by atoms with Crippen LogP contribution in [0, 0.1) is 12.8 Å². The minimum absolute atomic E-state index is 0.167. The van der Waals surface area contributed by atoms with Crippen LogP contribution >= 0.6 is 0 Å². The first-order valence-electron chi connectivity index (χ1n) is 8.29. The Hall–Kier alpha value is -2.28. The van der Waals surface area contributed by atoms with E-state index in [1.54, 1.807) is 6.20 Å². The normalized spacial score (nSPS) is 21.6. The topological polar surface area (TPSA) is 75.9 Å². The molecule has 1 fully saturated rings. The molecule has 1 N–H and O–H groups in total. The van der Waals surface area contributed by atoms with E-state index in [1.165, 1.54) is 11.9 Å². The molecule has 0 aromatic carbocycles. The number of piperidine rings is 1. The summed E-state index contributed by atoms with van der Waals surface area (Å²) >= 11 is 0. The van der Waals surface area contributed by atoms with E-state index in [9.17, 15) is 4.79 Å². The Morgan fingerprint density at radius 1 is 1.29 bits per heavy atom. The Morgan fingerprint density at radius 3 is 2.79 bits per heavy atom. The largest absolute Gasteiger partial charge is 0.350 e. The van der Waals surface area contributed by atoms with Crippen LogP contribution in [0.5, 0.6) is 0 Å². The number of hydrogen-bond donors (Lipinski definition) is 1. The summed E-state index contributed by atoms with van der Waals surface area (Å²) in [6.45, 7) is 3.53. The molecule has 0 unspecified atom stereocenters. The SMILES string of the molecule is Cc1cnc(C(=O)NC[C@@H]2CCCN(C)[C@H]2c2cncn2C)cn1. The van der Waals surface area contributed by atoms with Gasteiger partial charge in [0.15, 0.2) is 0 Å². The molecule has 128 valence electrons. The summed E-state index contributed by atoms with van der Waals surface area (Å²) in [5.41, 5.74) is 2.35. The molecule has 3 heterocycles. The van der Waals surface area contributed by atoms with Crippen LogP contribution < -0.4 is 5.32 Å². The Labute approximate surface area is 142 Å². The Kier molecular flexibility index (Phi) is 4.89. The lowest BCUT2D eigenvalue weighted by Crippen LogP contribution is -2.42. The number of nitrogens with one attached hydrogen (secondary N) is 1. The highest BCUT2D eigenvalue weighted by molar-refractivity contribution is 5.91. The van der Waals surface area contributed by atoms with E-state index in [1.807, 2.05) is 26.5 Å². The average molecular weight is 328 g/mol. The predicted molar refractivity (Wildman–Crippen MR) is 90.4 cm³/mol. The van der Waals surface area contributed by atoms with Crippen molar-refractivity contribution in [1.29, 1.82) is 0 Å². The van der Waals surface area contributed by atoms with Crippen LogP contribution in [0.15, 0.2) is 24.9 Å². The van der Waals surface area contributed by atoms with Crippen molar-refractivity contribution in [2.75, 3.05) is 20.1 Å². The van der Waals surface area contributed by atoms with Gasteiger partial charge in [-0.1, -0.05) is 0 Å². The smallest absolute Gasteiger partial charge is 0.271 e. The second-order valence-corrected chi connectivity index (χ2v) is 6.51. The van der Waals surface area contributed by atoms with Crippen molar-refractivity contribution in [1.82, 2.24) is 29.7 Å². The number of likely N-dealkylation sites (tertiary alicyclic amines) is 1. The number of carbonyl (C=O) groups is 1. The summed E-state index contributed by atoms with van der Waals surface area (Å²) in [6, 6.07) is 0.260. The molecule has 0 saturated carbocycles. The Bertz CT molecular complexity index is 695. The van der Waals surface area contributed by atoms with E-state index >= 15 is 0 Å². The number of rotatable bonds is 4. The van der Waals surface area contributed by atoms with Gasteiger partial charge in [-0.3, -0.25) is 14.7 Å². The highest BCUT2D eigenvalue weighted by Gasteiger charge is 2.32. The third-order valence-corrected chi connectivity index (χ3v) is 4.70. The number of carbonyl (C=O) groups excluding carboxylic acids is 1. The fourth-order valence-electron chi connectivity index (χ4n) is 3.42. The number of amides is 1. The lowest BCUT2D eigenvalue weighted by molar-refractivity contribution is 0.0877. The standard InChI is InChI=1S/C17H24N6O/c1-12-7-20-14(9-19-12)17(24)21-8-13-5-4-6-22(2)16(13)15-10-18-11-23(15)3/h7,9-11,13,16H,4-6,8H2,1-3H3,(H,21,24)/t13-,16+/m0/s1. The highest BCUT2D eigenvalue weighted by Crippen LogP contribution is 2.34. The van der Waals surface area contributed by atoms with Crippen molar-refractivity contribution in [2.24, 2.45) is 13.0 Å². The van der Waals surface area contributed by atoms with Gasteiger partial charge in [0, 0.05) is 26.0 Å². The maximum Gasteiger partial charge on any atom is 0.271 e. The van der Waals surface area contributed by atoms with Gasteiger partial charge < -0.3 is 9.88 Å². The molecule has 0 bridgehead atoms. The zero-order valence-corrected chi connectivity index (χ0v) is 14.4. The van der Waals surface area contributed by atoms with Crippen LogP contribution in [0.1, 0.15) is 40.8 Å². The zero-order valence-electron chi connectivity index (χ0n) is 14.4. The monoisotopic (exact) mass is 328 g/mol. The van der Waals surface area contributed by atoms with Crippen molar-refractivity contribution < 1.29 is 4.79 Å². The van der Waals surface area contributed by atoms with Gasteiger partial charge in [0.1, 0.15) is 5.69 Å². The highest BCUT2D eigenvalue weighted by atomic mass is 16.1. The van der Waals surface area contributed by atoms with Crippen molar-refractivity contribution in [2.45, 2.75) is 25.8 Å². The Morgan fingerprint density at radius 2 is 2.12 bits per heavy atom. The van der Waals surface area contributed by atoms with Gasteiger partial charge in [0.05, 0.1) is 30.0 Å². The minimum atomic E-state index is -0.167. The molecule has 0 spiro atoms. The van der Waals surface area contributed by atoms with Gasteiger partial charge >= 0.3 is 0 Å². The molecule has 2 aromatic heterocycles. The molecule has 1 saturated heterocycles. The van der Waals surface area contributed by atoms with Gasteiger partial charge in [-0.2, -0.15) is 0 Å². The fraction of sp³-hybridized carbons (Fsp3) is 0.529. The number of aromatic nitrogens is 4. The van der Waals surface area contributed by atoms with Crippen LogP contribution in [0.2, 0.25) is 0 Å². The molecular weight excluding hydrogens is 304 g/mol. The second-order valence-electron chi connectivity index (χ2n) is 6.51. The van der Waals surface area contributed by atoms with Crippen LogP contribution in [0.4, 0.5) is 0 Å². The van der Waals surface area contributed by atoms with E-state index in [2.05, 4.69) is 36.8 Å². The first-order valence-corrected chi connectivity index (χ1v) is 8.29. The maximum atomic E-state index is 12.3. The van der Waals surface area contributed by atoms with Crippen LogP contribution in [-0.4, -0.2) is 50.5 Å². The molecule has 1 aliphatic rings. The lowest BCUT2D eigenvalue weighted by Gasteiger charge is -2.39. The van der Waals surface area contributed by atoms with Crippen LogP contribution in [0.25, 0.3) is 0 Å². The molecule has 24 heavy (non-hydrogen) atoms. The maximum absolute atomic E-state index is 12.3. The molecule has 2 aromatic rings. The number of aryl methyl sites for hydroxylation is 2. The molecule has 2 atom stereocenters. The molecule has 0 aliphatic carbocycles. The third kappa shape index (κ3) is 3.46. The van der Waals surface area contributed by atoms with Gasteiger partial charge in [-0.15, -0.1) is 0 Å². The van der Waals surface area contributed by atoms with E-state index in [-0.39, 0.29) is 11.9 Å². The van der Waals surface area contributed by atoms with E-state index in [0.29, 0.717) is 18.2 Å². The number of hydrogen-bond acceptors (Lipinski definition) is 5. The first-order chi connectivity index (χ1) is 11.6. The van der Waals surface area contributed by atoms with E-state index in [4.69, 9.17) is 0 Å². The summed E-state index contributed by atoms with van der Waals surface area (Å²) < 4.78 is 2.06. The summed E-state index contributed by atoms with van der Waals surface area (Å²) in [4.78, 5) is 27.2. The second kappa shape index (κ2) is 7.09. The average Bonchev–Trinajstić information content (AvgIpc) is 2.99. The van der Waals surface area contributed by atoms with Crippen molar-refractivity contribution >= 4 is 5.91 Å². The number of imidazole rings is 1. The third-order valence-electron chi connectivity index (χ3n) is 4.70. The van der Waals surface area contributed by atoms with Gasteiger partial charge in [-0.25, -0.2) is 9.97 Å². The summed E-state index contributed by atoms with van der Waals surface area (Å²) in [5.74, 6) is 0.181. The van der Waals surface area contributed by atoms with Crippen LogP contribution in [0.3, 0.4) is 0 Å². The molecule has 1 aliphatic heterocycles. The lowest BCUT2D eigenvalue weighted by atomic mass is 9.87. The van der Waals surface area contributed by atoms with Crippen LogP contribution in [-0.2, 0) is 7.05 Å². The first kappa shape index (κ1) is 16.6. The quantitative estimate of drug-likeness (QED) is 0.916. The summed E-state index contributed by atoms with van der Waals surface area (Å²) in [6.07, 6.45) is 9.11. The molecule has 7 nitrogen and oxygen atoms in total. The van der Waals surface area contributed by atoms with E-state index < -0.39 is 0 Å². The van der Waals surface area contributed by atoms with Gasteiger partial charge in [0.25, 0.3) is 5.91 Å². The molecule has 7 heteroatoms.